The van der Waals surface area contributed by atoms with Crippen LogP contribution in [0.15, 0.2) is 42.9 Å². The SMILES string of the molecule is COC[C@@H](NC(=O)c1cnccn1)C(=O)N[C@@H](CCCc1cccc(Cl)c1)B1OC(C)(C)C(C)(C)O1. The lowest BCUT2D eigenvalue weighted by molar-refractivity contribution is -0.124. The van der Waals surface area contributed by atoms with Gasteiger partial charge in [0, 0.05) is 24.5 Å². The maximum atomic E-state index is 13.3. The number of ether oxygens (including phenoxy) is 1. The summed E-state index contributed by atoms with van der Waals surface area (Å²) in [4.78, 5) is 33.8. The van der Waals surface area contributed by atoms with Gasteiger partial charge in [-0.3, -0.25) is 14.6 Å². The molecule has 36 heavy (non-hydrogen) atoms. The van der Waals surface area contributed by atoms with Gasteiger partial charge < -0.3 is 24.7 Å². The van der Waals surface area contributed by atoms with E-state index >= 15 is 0 Å². The zero-order chi connectivity index (χ0) is 26.3. The van der Waals surface area contributed by atoms with Crippen molar-refractivity contribution in [2.75, 3.05) is 13.7 Å². The van der Waals surface area contributed by atoms with Crippen molar-refractivity contribution >= 4 is 30.5 Å². The first-order valence-corrected chi connectivity index (χ1v) is 12.4. The highest BCUT2D eigenvalue weighted by Gasteiger charge is 2.54. The number of hydrogen-bond acceptors (Lipinski definition) is 7. The fraction of sp³-hybridized carbons (Fsp3) is 0.520. The van der Waals surface area contributed by atoms with Crippen LogP contribution in [0.3, 0.4) is 0 Å². The second-order valence-corrected chi connectivity index (χ2v) is 10.3. The van der Waals surface area contributed by atoms with E-state index in [1.165, 1.54) is 25.7 Å². The summed E-state index contributed by atoms with van der Waals surface area (Å²) in [5.41, 5.74) is 0.102. The van der Waals surface area contributed by atoms with Crippen LogP contribution < -0.4 is 10.6 Å². The molecule has 0 bridgehead atoms. The number of aryl methyl sites for hydroxylation is 1. The lowest BCUT2D eigenvalue weighted by atomic mass is 9.75. The molecule has 1 aromatic carbocycles. The van der Waals surface area contributed by atoms with Crippen molar-refractivity contribution in [1.29, 1.82) is 0 Å². The smallest absolute Gasteiger partial charge is 0.402 e. The van der Waals surface area contributed by atoms with Gasteiger partial charge in [0.15, 0.2) is 0 Å². The lowest BCUT2D eigenvalue weighted by Crippen LogP contribution is -2.56. The molecule has 194 valence electrons. The molecule has 9 nitrogen and oxygen atoms in total. The van der Waals surface area contributed by atoms with Gasteiger partial charge in [0.2, 0.25) is 5.91 Å². The molecule has 3 rings (SSSR count). The molecule has 2 heterocycles. The molecule has 1 aromatic heterocycles. The predicted octanol–water partition coefficient (Wildman–Crippen LogP) is 3.01. The maximum Gasteiger partial charge on any atom is 0.481 e. The van der Waals surface area contributed by atoms with Crippen molar-refractivity contribution in [2.45, 2.75) is 70.1 Å². The summed E-state index contributed by atoms with van der Waals surface area (Å²) in [7, 11) is 0.808. The number of hydrogen-bond donors (Lipinski definition) is 2. The van der Waals surface area contributed by atoms with Crippen LogP contribution in [0.25, 0.3) is 0 Å². The lowest BCUT2D eigenvalue weighted by Gasteiger charge is -2.32. The topological polar surface area (TPSA) is 112 Å². The van der Waals surface area contributed by atoms with Crippen molar-refractivity contribution in [3.8, 4) is 0 Å². The Morgan fingerprint density at radius 3 is 2.47 bits per heavy atom. The van der Waals surface area contributed by atoms with Gasteiger partial charge in [-0.15, -0.1) is 0 Å². The molecule has 1 aliphatic heterocycles. The Morgan fingerprint density at radius 2 is 1.86 bits per heavy atom. The maximum absolute atomic E-state index is 13.3. The minimum absolute atomic E-state index is 0.0174. The number of amides is 2. The van der Waals surface area contributed by atoms with Crippen LogP contribution in [0.5, 0.6) is 0 Å². The largest absolute Gasteiger partial charge is 0.481 e. The third-order valence-corrected chi connectivity index (χ3v) is 6.78. The molecule has 0 spiro atoms. The normalized spacial score (nSPS) is 17.9. The Hall–Kier alpha value is -2.53. The molecule has 2 atom stereocenters. The van der Waals surface area contributed by atoms with Gasteiger partial charge in [-0.05, 0) is 64.7 Å². The van der Waals surface area contributed by atoms with E-state index in [2.05, 4.69) is 20.6 Å². The van der Waals surface area contributed by atoms with E-state index in [1.54, 1.807) is 0 Å². The minimum Gasteiger partial charge on any atom is -0.402 e. The first-order chi connectivity index (χ1) is 17.0. The molecule has 0 aliphatic carbocycles. The molecule has 11 heteroatoms. The van der Waals surface area contributed by atoms with Gasteiger partial charge in [0.25, 0.3) is 5.91 Å². The zero-order valence-electron chi connectivity index (χ0n) is 21.4. The van der Waals surface area contributed by atoms with E-state index < -0.39 is 42.1 Å². The van der Waals surface area contributed by atoms with Gasteiger partial charge in [-0.25, -0.2) is 4.98 Å². The molecule has 1 aliphatic rings. The number of carbonyl (C=O) groups excluding carboxylic acids is 2. The van der Waals surface area contributed by atoms with Crippen LogP contribution in [0.1, 0.15) is 56.6 Å². The number of carbonyl (C=O) groups is 2. The molecular weight excluding hydrogens is 483 g/mol. The van der Waals surface area contributed by atoms with Crippen LogP contribution in [0.2, 0.25) is 5.02 Å². The third-order valence-electron chi connectivity index (χ3n) is 6.55. The van der Waals surface area contributed by atoms with Crippen LogP contribution in [-0.4, -0.2) is 65.8 Å². The molecule has 1 saturated heterocycles. The summed E-state index contributed by atoms with van der Waals surface area (Å²) >= 11 is 6.12. The molecule has 2 N–H and O–H groups in total. The van der Waals surface area contributed by atoms with Gasteiger partial charge in [0.05, 0.1) is 29.9 Å². The summed E-state index contributed by atoms with van der Waals surface area (Å²) < 4.78 is 17.7. The molecule has 0 saturated carbocycles. The number of nitrogens with one attached hydrogen (secondary N) is 2. The van der Waals surface area contributed by atoms with Crippen molar-refractivity contribution in [3.63, 3.8) is 0 Å². The van der Waals surface area contributed by atoms with E-state index in [9.17, 15) is 9.59 Å². The molecule has 2 aromatic rings. The third kappa shape index (κ3) is 7.26. The molecule has 2 amide bonds. The predicted molar refractivity (Wildman–Crippen MR) is 138 cm³/mol. The first kappa shape index (κ1) is 28.1. The van der Waals surface area contributed by atoms with Gasteiger partial charge in [-0.2, -0.15) is 0 Å². The van der Waals surface area contributed by atoms with Gasteiger partial charge in [-0.1, -0.05) is 23.7 Å². The number of methoxy groups -OCH3 is 1. The molecular formula is C25H34BClN4O5. The van der Waals surface area contributed by atoms with Crippen LogP contribution in [0.4, 0.5) is 0 Å². The highest BCUT2D eigenvalue weighted by molar-refractivity contribution is 6.48. The van der Waals surface area contributed by atoms with Gasteiger partial charge in [0.1, 0.15) is 11.7 Å². The van der Waals surface area contributed by atoms with Gasteiger partial charge >= 0.3 is 7.12 Å². The van der Waals surface area contributed by atoms with Crippen molar-refractivity contribution in [2.24, 2.45) is 0 Å². The fourth-order valence-corrected chi connectivity index (χ4v) is 4.04. The Bertz CT molecular complexity index is 1020. The van der Waals surface area contributed by atoms with Crippen LogP contribution in [-0.2, 0) is 25.3 Å². The van der Waals surface area contributed by atoms with Crippen molar-refractivity contribution in [3.05, 3.63) is 59.1 Å². The monoisotopic (exact) mass is 516 g/mol. The highest BCUT2D eigenvalue weighted by Crippen LogP contribution is 2.38. The van der Waals surface area contributed by atoms with E-state index in [0.717, 1.165) is 18.4 Å². The highest BCUT2D eigenvalue weighted by atomic mass is 35.5. The molecule has 1 fully saturated rings. The zero-order valence-corrected chi connectivity index (χ0v) is 22.2. The molecule has 0 unspecified atom stereocenters. The second-order valence-electron chi connectivity index (χ2n) is 9.83. The van der Waals surface area contributed by atoms with E-state index in [0.29, 0.717) is 11.4 Å². The molecule has 0 radical (unpaired) electrons. The van der Waals surface area contributed by atoms with E-state index in [-0.39, 0.29) is 12.3 Å². The summed E-state index contributed by atoms with van der Waals surface area (Å²) in [6.45, 7) is 7.84. The summed E-state index contributed by atoms with van der Waals surface area (Å²) in [6, 6.07) is 6.76. The van der Waals surface area contributed by atoms with Crippen molar-refractivity contribution in [1.82, 2.24) is 20.6 Å². The number of halogens is 1. The quantitative estimate of drug-likeness (QED) is 0.442. The van der Waals surface area contributed by atoms with Crippen LogP contribution >= 0.6 is 11.6 Å². The first-order valence-electron chi connectivity index (χ1n) is 12.0. The number of nitrogens with zero attached hydrogens (tertiary/aromatic N) is 2. The second kappa shape index (κ2) is 12.1. The average molecular weight is 517 g/mol. The Morgan fingerprint density at radius 1 is 1.14 bits per heavy atom. The van der Waals surface area contributed by atoms with E-state index in [4.69, 9.17) is 25.6 Å². The number of rotatable bonds is 11. The average Bonchev–Trinajstić information content (AvgIpc) is 3.05. The Kier molecular flexibility index (Phi) is 9.46. The summed E-state index contributed by atoms with van der Waals surface area (Å²) in [5, 5.41) is 6.39. The summed E-state index contributed by atoms with van der Waals surface area (Å²) in [5.74, 6) is -1.38. The summed E-state index contributed by atoms with van der Waals surface area (Å²) in [6.07, 6.45) is 6.34. The number of aromatic nitrogens is 2. The number of benzene rings is 1. The minimum atomic E-state index is -0.942. The standard InChI is InChI=1S/C25H34BClN4O5/c1-24(2)25(3,4)36-26(35-24)21(11-7-9-17-8-6-10-18(27)14-17)31-23(33)20(16-34-5)30-22(32)19-15-28-12-13-29-19/h6,8,10,12-15,20-21H,7,9,11,16H2,1-5H3,(H,30,32)(H,31,33)/t20-,21+/m1/s1. The van der Waals surface area contributed by atoms with Crippen LogP contribution in [0, 0.1) is 0 Å². The Balaban J connectivity index is 1.72. The van der Waals surface area contributed by atoms with Crippen molar-refractivity contribution < 1.29 is 23.6 Å². The van der Waals surface area contributed by atoms with E-state index in [1.807, 2.05) is 52.0 Å². The fourth-order valence-electron chi connectivity index (χ4n) is 3.83. The Labute approximate surface area is 217 Å².